The number of hydrogen-bond acceptors (Lipinski definition) is 1. The fourth-order valence-corrected chi connectivity index (χ4v) is 2.40. The van der Waals surface area contributed by atoms with E-state index in [-0.39, 0.29) is 0 Å². The first-order valence-electron chi connectivity index (χ1n) is 5.43. The van der Waals surface area contributed by atoms with Crippen molar-refractivity contribution in [1.29, 1.82) is 0 Å². The van der Waals surface area contributed by atoms with Crippen LogP contribution < -0.4 is 5.73 Å². The lowest BCUT2D eigenvalue weighted by molar-refractivity contribution is 0.140. The lowest BCUT2D eigenvalue weighted by Crippen LogP contribution is -2.35. The second-order valence-electron chi connectivity index (χ2n) is 4.55. The van der Waals surface area contributed by atoms with Gasteiger partial charge < -0.3 is 5.73 Å². The maximum atomic E-state index is 5.85. The fraction of sp³-hybridized carbons (Fsp3) is 1.00. The van der Waals surface area contributed by atoms with Crippen LogP contribution in [0.15, 0.2) is 0 Å². The molecule has 12 heavy (non-hydrogen) atoms. The highest BCUT2D eigenvalue weighted by Gasteiger charge is 2.31. The van der Waals surface area contributed by atoms with Gasteiger partial charge in [0.2, 0.25) is 0 Å². The van der Waals surface area contributed by atoms with E-state index < -0.39 is 0 Å². The zero-order valence-electron chi connectivity index (χ0n) is 8.60. The molecule has 0 spiro atoms. The van der Waals surface area contributed by atoms with E-state index in [1.54, 1.807) is 0 Å². The van der Waals surface area contributed by atoms with Crippen LogP contribution in [-0.4, -0.2) is 6.54 Å². The standard InChI is InChI=1S/C11H23N/c1-3-11(2,9-12)10-7-5-4-6-8-10/h10H,3-9,12H2,1-2H3. The Kier molecular flexibility index (Phi) is 3.57. The van der Waals surface area contributed by atoms with Crippen LogP contribution in [0.1, 0.15) is 52.4 Å². The molecule has 0 radical (unpaired) electrons. The summed E-state index contributed by atoms with van der Waals surface area (Å²) in [5.41, 5.74) is 6.28. The number of nitrogens with two attached hydrogens (primary N) is 1. The van der Waals surface area contributed by atoms with Gasteiger partial charge in [0.05, 0.1) is 0 Å². The van der Waals surface area contributed by atoms with Gasteiger partial charge in [-0.3, -0.25) is 0 Å². The van der Waals surface area contributed by atoms with E-state index in [1.165, 1.54) is 38.5 Å². The molecule has 72 valence electrons. The van der Waals surface area contributed by atoms with Crippen molar-refractivity contribution in [3.05, 3.63) is 0 Å². The maximum Gasteiger partial charge on any atom is -0.00206 e. The molecule has 0 bridgehead atoms. The van der Waals surface area contributed by atoms with Gasteiger partial charge in [0, 0.05) is 0 Å². The molecule has 1 aliphatic rings. The van der Waals surface area contributed by atoms with Gasteiger partial charge in [-0.1, -0.05) is 33.1 Å². The number of rotatable bonds is 3. The smallest absolute Gasteiger partial charge is 0.00206 e. The van der Waals surface area contributed by atoms with Crippen molar-refractivity contribution >= 4 is 0 Å². The van der Waals surface area contributed by atoms with Crippen LogP contribution >= 0.6 is 0 Å². The van der Waals surface area contributed by atoms with Crippen molar-refractivity contribution in [3.8, 4) is 0 Å². The Morgan fingerprint density at radius 1 is 1.25 bits per heavy atom. The van der Waals surface area contributed by atoms with Gasteiger partial charge in [-0.25, -0.2) is 0 Å². The summed E-state index contributed by atoms with van der Waals surface area (Å²) in [4.78, 5) is 0. The Morgan fingerprint density at radius 2 is 1.83 bits per heavy atom. The average molecular weight is 169 g/mol. The monoisotopic (exact) mass is 169 g/mol. The first-order valence-corrected chi connectivity index (χ1v) is 5.43. The average Bonchev–Trinajstić information content (AvgIpc) is 2.18. The summed E-state index contributed by atoms with van der Waals surface area (Å²) in [5.74, 6) is 0.904. The minimum atomic E-state index is 0.431. The molecule has 0 aromatic carbocycles. The Balaban J connectivity index is 2.51. The summed E-state index contributed by atoms with van der Waals surface area (Å²) in [5, 5.41) is 0. The molecule has 1 aliphatic carbocycles. The van der Waals surface area contributed by atoms with Gasteiger partial charge in [-0.05, 0) is 37.1 Å². The van der Waals surface area contributed by atoms with Gasteiger partial charge in [-0.15, -0.1) is 0 Å². The second kappa shape index (κ2) is 4.27. The van der Waals surface area contributed by atoms with E-state index in [1.807, 2.05) is 0 Å². The highest BCUT2D eigenvalue weighted by Crippen LogP contribution is 2.39. The molecule has 2 N–H and O–H groups in total. The normalized spacial score (nSPS) is 25.2. The van der Waals surface area contributed by atoms with Crippen molar-refractivity contribution in [2.75, 3.05) is 6.54 Å². The van der Waals surface area contributed by atoms with Crippen molar-refractivity contribution in [2.45, 2.75) is 52.4 Å². The van der Waals surface area contributed by atoms with Gasteiger partial charge in [0.15, 0.2) is 0 Å². The highest BCUT2D eigenvalue weighted by atomic mass is 14.6. The fourth-order valence-electron chi connectivity index (χ4n) is 2.40. The van der Waals surface area contributed by atoms with E-state index in [9.17, 15) is 0 Å². The molecular formula is C11H23N. The van der Waals surface area contributed by atoms with Crippen LogP contribution in [0.3, 0.4) is 0 Å². The molecule has 0 saturated heterocycles. The summed E-state index contributed by atoms with van der Waals surface area (Å²) in [6.07, 6.45) is 8.39. The second-order valence-corrected chi connectivity index (χ2v) is 4.55. The lowest BCUT2D eigenvalue weighted by Gasteiger charge is -2.38. The van der Waals surface area contributed by atoms with E-state index in [0.29, 0.717) is 5.41 Å². The van der Waals surface area contributed by atoms with Crippen LogP contribution in [0.25, 0.3) is 0 Å². The lowest BCUT2D eigenvalue weighted by atomic mass is 9.68. The zero-order valence-corrected chi connectivity index (χ0v) is 8.60. The molecule has 1 heteroatoms. The summed E-state index contributed by atoms with van der Waals surface area (Å²) < 4.78 is 0. The van der Waals surface area contributed by atoms with E-state index in [2.05, 4.69) is 13.8 Å². The Morgan fingerprint density at radius 3 is 2.25 bits per heavy atom. The quantitative estimate of drug-likeness (QED) is 0.690. The van der Waals surface area contributed by atoms with Crippen molar-refractivity contribution in [3.63, 3.8) is 0 Å². The Labute approximate surface area is 76.7 Å². The highest BCUT2D eigenvalue weighted by molar-refractivity contribution is 4.84. The maximum absolute atomic E-state index is 5.85. The van der Waals surface area contributed by atoms with Gasteiger partial charge in [0.1, 0.15) is 0 Å². The molecule has 1 nitrogen and oxygen atoms in total. The van der Waals surface area contributed by atoms with Crippen molar-refractivity contribution < 1.29 is 0 Å². The van der Waals surface area contributed by atoms with E-state index in [4.69, 9.17) is 5.73 Å². The molecule has 1 fully saturated rings. The van der Waals surface area contributed by atoms with E-state index in [0.717, 1.165) is 12.5 Å². The predicted molar refractivity (Wildman–Crippen MR) is 54.0 cm³/mol. The molecule has 0 amide bonds. The van der Waals surface area contributed by atoms with Gasteiger partial charge in [0.25, 0.3) is 0 Å². The van der Waals surface area contributed by atoms with Crippen LogP contribution in [-0.2, 0) is 0 Å². The molecule has 1 unspecified atom stereocenters. The molecule has 0 aliphatic heterocycles. The third-order valence-electron chi connectivity index (χ3n) is 3.86. The zero-order chi connectivity index (χ0) is 9.03. The minimum absolute atomic E-state index is 0.431. The molecule has 0 heterocycles. The molecule has 1 saturated carbocycles. The van der Waals surface area contributed by atoms with Crippen molar-refractivity contribution in [2.24, 2.45) is 17.1 Å². The van der Waals surface area contributed by atoms with Crippen LogP contribution in [0, 0.1) is 11.3 Å². The third kappa shape index (κ3) is 2.01. The topological polar surface area (TPSA) is 26.0 Å². The molecular weight excluding hydrogens is 146 g/mol. The van der Waals surface area contributed by atoms with Crippen LogP contribution in [0.2, 0.25) is 0 Å². The minimum Gasteiger partial charge on any atom is -0.330 e. The predicted octanol–water partition coefficient (Wildman–Crippen LogP) is 2.94. The summed E-state index contributed by atoms with van der Waals surface area (Å²) >= 11 is 0. The molecule has 1 rings (SSSR count). The third-order valence-corrected chi connectivity index (χ3v) is 3.86. The van der Waals surface area contributed by atoms with Gasteiger partial charge >= 0.3 is 0 Å². The molecule has 0 aromatic rings. The Bertz CT molecular complexity index is 121. The first-order chi connectivity index (χ1) is 5.73. The van der Waals surface area contributed by atoms with Gasteiger partial charge in [-0.2, -0.15) is 0 Å². The van der Waals surface area contributed by atoms with Crippen LogP contribution in [0.4, 0.5) is 0 Å². The van der Waals surface area contributed by atoms with Crippen LogP contribution in [0.5, 0.6) is 0 Å². The number of hydrogen-bond donors (Lipinski definition) is 1. The van der Waals surface area contributed by atoms with Crippen molar-refractivity contribution in [1.82, 2.24) is 0 Å². The molecule has 0 aromatic heterocycles. The van der Waals surface area contributed by atoms with E-state index >= 15 is 0 Å². The largest absolute Gasteiger partial charge is 0.330 e. The molecule has 1 atom stereocenters. The Hall–Kier alpha value is -0.0400. The summed E-state index contributed by atoms with van der Waals surface area (Å²) in [6, 6.07) is 0. The first kappa shape index (κ1) is 10.0. The summed E-state index contributed by atoms with van der Waals surface area (Å²) in [7, 11) is 0. The SMILES string of the molecule is CCC(C)(CN)C1CCCCC1. The summed E-state index contributed by atoms with van der Waals surface area (Å²) in [6.45, 7) is 5.51.